The molecule has 0 bridgehead atoms. The number of pyridine rings is 1. The molecule has 4 heterocycles. The smallest absolute Gasteiger partial charge is 0.450 e. The Kier molecular flexibility index (Phi) is 6.08. The van der Waals surface area contributed by atoms with E-state index in [1.165, 1.54) is 5.69 Å². The summed E-state index contributed by atoms with van der Waals surface area (Å²) in [4.78, 5) is 34.7. The number of nitrogens with zero attached hydrogens (tertiary/aromatic N) is 4. The number of ether oxygens (including phenoxy) is 2. The molecule has 4 aliphatic rings. The van der Waals surface area contributed by atoms with Gasteiger partial charge in [0.05, 0.1) is 6.04 Å². The maximum Gasteiger partial charge on any atom is 0.506 e. The van der Waals surface area contributed by atoms with Gasteiger partial charge in [-0.3, -0.25) is 14.8 Å². The van der Waals surface area contributed by atoms with Crippen LogP contribution in [0.15, 0.2) is 24.5 Å². The average Bonchev–Trinajstić information content (AvgIpc) is 3.16. The van der Waals surface area contributed by atoms with E-state index in [9.17, 15) is 9.59 Å². The highest BCUT2D eigenvalue weighted by Gasteiger charge is 2.51. The largest absolute Gasteiger partial charge is 0.506 e. The normalized spacial score (nSPS) is 30.1. The van der Waals surface area contributed by atoms with Crippen molar-refractivity contribution in [2.45, 2.75) is 75.3 Å². The lowest BCUT2D eigenvalue weighted by Crippen LogP contribution is -2.56. The molecule has 2 unspecified atom stereocenters. The fourth-order valence-electron chi connectivity index (χ4n) is 6.12. The van der Waals surface area contributed by atoms with Gasteiger partial charge in [-0.2, -0.15) is 0 Å². The van der Waals surface area contributed by atoms with E-state index >= 15 is 0 Å². The highest BCUT2D eigenvalue weighted by atomic mass is 16.7. The van der Waals surface area contributed by atoms with E-state index in [1.807, 2.05) is 24.5 Å². The fourth-order valence-corrected chi connectivity index (χ4v) is 6.12. The summed E-state index contributed by atoms with van der Waals surface area (Å²) in [5, 5.41) is 8.86. The molecule has 4 fully saturated rings. The third kappa shape index (κ3) is 4.22. The quantitative estimate of drug-likeness (QED) is 0.709. The predicted octanol–water partition coefficient (Wildman–Crippen LogP) is 2.95. The van der Waals surface area contributed by atoms with Crippen LogP contribution in [0.2, 0.25) is 0 Å². The van der Waals surface area contributed by atoms with Gasteiger partial charge in [-0.25, -0.2) is 9.59 Å². The minimum Gasteiger partial charge on any atom is -0.450 e. The topological polar surface area (TPSA) is 95.4 Å². The van der Waals surface area contributed by atoms with Gasteiger partial charge in [0.2, 0.25) is 0 Å². The van der Waals surface area contributed by atoms with Crippen molar-refractivity contribution < 1.29 is 24.2 Å². The molecule has 1 amide bonds. The first-order valence-electron chi connectivity index (χ1n) is 11.9. The Labute approximate surface area is 188 Å². The third-order valence-electron chi connectivity index (χ3n) is 7.66. The molecule has 32 heavy (non-hydrogen) atoms. The number of piperidine rings is 2. The van der Waals surface area contributed by atoms with Gasteiger partial charge in [0.1, 0.15) is 12.2 Å². The van der Waals surface area contributed by atoms with Gasteiger partial charge in [0.25, 0.3) is 0 Å². The number of hydrogen-bond donors (Lipinski definition) is 1. The lowest BCUT2D eigenvalue weighted by Gasteiger charge is -2.44. The van der Waals surface area contributed by atoms with Crippen LogP contribution in [0.5, 0.6) is 0 Å². The molecule has 3 aliphatic heterocycles. The lowest BCUT2D eigenvalue weighted by molar-refractivity contribution is -0.0241. The summed E-state index contributed by atoms with van der Waals surface area (Å²) in [6, 6.07) is 4.66. The SMILES string of the molecule is O=C(O)OC1CCN([C@@H]2CCCC3C2OC(=O)N3C2CCN(c3ccncc3)CC2)CC1. The molecule has 3 saturated heterocycles. The summed E-state index contributed by atoms with van der Waals surface area (Å²) < 4.78 is 11.0. The molecule has 0 radical (unpaired) electrons. The first-order chi connectivity index (χ1) is 15.6. The van der Waals surface area contributed by atoms with Crippen LogP contribution in [0.4, 0.5) is 15.3 Å². The van der Waals surface area contributed by atoms with Crippen LogP contribution >= 0.6 is 0 Å². The molecule has 174 valence electrons. The number of carbonyl (C=O) groups excluding carboxylic acids is 1. The van der Waals surface area contributed by atoms with Gasteiger partial charge in [0, 0.05) is 56.3 Å². The van der Waals surface area contributed by atoms with Crippen LogP contribution in [-0.4, -0.2) is 88.7 Å². The summed E-state index contributed by atoms with van der Waals surface area (Å²) >= 11 is 0. The van der Waals surface area contributed by atoms with Crippen molar-refractivity contribution >= 4 is 17.9 Å². The molecular formula is C23H32N4O5. The number of hydrogen-bond acceptors (Lipinski definition) is 7. The minimum atomic E-state index is -1.20. The maximum absolute atomic E-state index is 13.0. The second-order valence-electron chi connectivity index (χ2n) is 9.36. The van der Waals surface area contributed by atoms with Crippen LogP contribution in [0, 0.1) is 0 Å². The Morgan fingerprint density at radius 1 is 1.00 bits per heavy atom. The van der Waals surface area contributed by atoms with Gasteiger partial charge < -0.3 is 19.5 Å². The molecule has 1 N–H and O–H groups in total. The summed E-state index contributed by atoms with van der Waals surface area (Å²) in [6.45, 7) is 3.42. The molecule has 3 atom stereocenters. The average molecular weight is 445 g/mol. The summed E-state index contributed by atoms with van der Waals surface area (Å²) in [5.74, 6) is 0. The number of rotatable bonds is 4. The van der Waals surface area contributed by atoms with E-state index in [2.05, 4.69) is 19.7 Å². The van der Waals surface area contributed by atoms with E-state index in [0.29, 0.717) is 12.8 Å². The number of carbonyl (C=O) groups is 2. The molecule has 5 rings (SSSR count). The first-order valence-corrected chi connectivity index (χ1v) is 11.9. The van der Waals surface area contributed by atoms with Crippen molar-refractivity contribution in [3.63, 3.8) is 0 Å². The van der Waals surface area contributed by atoms with Crippen molar-refractivity contribution in [2.75, 3.05) is 31.1 Å². The molecule has 1 saturated carbocycles. The van der Waals surface area contributed by atoms with Crippen molar-refractivity contribution in [1.29, 1.82) is 0 Å². The van der Waals surface area contributed by atoms with Gasteiger partial charge in [-0.05, 0) is 57.1 Å². The van der Waals surface area contributed by atoms with Gasteiger partial charge >= 0.3 is 12.2 Å². The zero-order valence-corrected chi connectivity index (χ0v) is 18.3. The number of carboxylic acid groups (broad SMARTS) is 1. The number of likely N-dealkylation sites (tertiary alicyclic amines) is 1. The van der Waals surface area contributed by atoms with Crippen molar-refractivity contribution in [3.05, 3.63) is 24.5 Å². The van der Waals surface area contributed by atoms with Gasteiger partial charge in [-0.15, -0.1) is 0 Å². The monoisotopic (exact) mass is 444 g/mol. The number of anilines is 1. The van der Waals surface area contributed by atoms with E-state index in [0.717, 1.165) is 58.3 Å². The Hall–Kier alpha value is -2.55. The molecule has 0 aromatic carbocycles. The zero-order valence-electron chi connectivity index (χ0n) is 18.3. The maximum atomic E-state index is 13.0. The van der Waals surface area contributed by atoms with E-state index in [4.69, 9.17) is 14.6 Å². The molecule has 1 aromatic rings. The first kappa shape index (κ1) is 21.3. The standard InChI is InChI=1S/C23H32N4O5/c28-22-27(17-6-12-25(13-7-17)16-4-10-24-11-5-16)20-3-1-2-19(21(20)32-22)26-14-8-18(9-15-26)31-23(29)30/h4-5,10-11,17-21H,1-3,6-9,12-15H2,(H,29,30)/t19-,20?,21?/m1/s1. The van der Waals surface area contributed by atoms with Crippen LogP contribution < -0.4 is 4.90 Å². The second kappa shape index (κ2) is 9.13. The van der Waals surface area contributed by atoms with Crippen LogP contribution in [-0.2, 0) is 9.47 Å². The molecule has 9 nitrogen and oxygen atoms in total. The number of aromatic nitrogens is 1. The zero-order chi connectivity index (χ0) is 22.1. The van der Waals surface area contributed by atoms with E-state index in [1.54, 1.807) is 0 Å². The van der Waals surface area contributed by atoms with E-state index < -0.39 is 6.16 Å². The highest BCUT2D eigenvalue weighted by Crippen LogP contribution is 2.38. The summed E-state index contributed by atoms with van der Waals surface area (Å²) in [5.41, 5.74) is 1.19. The summed E-state index contributed by atoms with van der Waals surface area (Å²) in [7, 11) is 0. The molecule has 9 heteroatoms. The molecule has 1 aromatic heterocycles. The van der Waals surface area contributed by atoms with Crippen LogP contribution in [0.3, 0.4) is 0 Å². The number of fused-ring (bicyclic) bond motifs is 1. The predicted molar refractivity (Wildman–Crippen MR) is 117 cm³/mol. The van der Waals surface area contributed by atoms with Crippen molar-refractivity contribution in [2.24, 2.45) is 0 Å². The lowest BCUT2D eigenvalue weighted by atomic mass is 9.85. The second-order valence-corrected chi connectivity index (χ2v) is 9.36. The molecule has 0 spiro atoms. The Balaban J connectivity index is 1.20. The fraction of sp³-hybridized carbons (Fsp3) is 0.696. The summed E-state index contributed by atoms with van der Waals surface area (Å²) in [6.07, 6.45) is 8.37. The minimum absolute atomic E-state index is 0.0913. The van der Waals surface area contributed by atoms with E-state index in [-0.39, 0.29) is 36.4 Å². The Bertz CT molecular complexity index is 808. The Morgan fingerprint density at radius 3 is 2.38 bits per heavy atom. The van der Waals surface area contributed by atoms with Gasteiger partial charge in [0.15, 0.2) is 0 Å². The van der Waals surface area contributed by atoms with Crippen LogP contribution in [0.1, 0.15) is 44.9 Å². The highest BCUT2D eigenvalue weighted by molar-refractivity contribution is 5.71. The number of amides is 1. The molecule has 1 aliphatic carbocycles. The van der Waals surface area contributed by atoms with Crippen LogP contribution in [0.25, 0.3) is 0 Å². The van der Waals surface area contributed by atoms with Crippen molar-refractivity contribution in [3.8, 4) is 0 Å². The van der Waals surface area contributed by atoms with Gasteiger partial charge in [-0.1, -0.05) is 0 Å². The van der Waals surface area contributed by atoms with Crippen molar-refractivity contribution in [1.82, 2.24) is 14.8 Å². The molecular weight excluding hydrogens is 412 g/mol. The Morgan fingerprint density at radius 2 is 1.69 bits per heavy atom. The third-order valence-corrected chi connectivity index (χ3v) is 7.66.